The molecular formula is C12H15BrF2N6OS. The summed E-state index contributed by atoms with van der Waals surface area (Å²) < 4.78 is 29.3. The number of aromatic nitrogens is 5. The molecule has 1 N–H and O–H groups in total. The molecule has 0 radical (unpaired) electrons. The van der Waals surface area contributed by atoms with E-state index in [1.54, 1.807) is 24.0 Å². The lowest BCUT2D eigenvalue weighted by Gasteiger charge is -2.15. The molecule has 2 heterocycles. The third-order valence-corrected chi connectivity index (χ3v) is 4.08. The van der Waals surface area contributed by atoms with Crippen molar-refractivity contribution in [1.82, 2.24) is 24.7 Å². The Labute approximate surface area is 143 Å². The molecule has 0 spiro atoms. The number of nitrogens with zero attached hydrogens (tertiary/aromatic N) is 5. The van der Waals surface area contributed by atoms with Crippen LogP contribution in [0.4, 0.5) is 8.78 Å². The first-order chi connectivity index (χ1) is 10.9. The zero-order valence-corrected chi connectivity index (χ0v) is 14.8. The molecule has 0 fully saturated rings. The summed E-state index contributed by atoms with van der Waals surface area (Å²) >= 11 is 4.49. The normalized spacial score (nSPS) is 12.6. The van der Waals surface area contributed by atoms with Gasteiger partial charge in [-0.1, -0.05) is 25.6 Å². The van der Waals surface area contributed by atoms with Crippen LogP contribution in [0.2, 0.25) is 0 Å². The van der Waals surface area contributed by atoms with Crippen LogP contribution >= 0.6 is 27.7 Å². The first kappa shape index (κ1) is 17.9. The molecule has 2 aromatic rings. The molecule has 126 valence electrons. The number of hydrogen-bond donors (Lipinski definition) is 1. The summed E-state index contributed by atoms with van der Waals surface area (Å²) in [5.74, 6) is -0.859. The second-order valence-corrected chi connectivity index (χ2v) is 6.81. The highest BCUT2D eigenvalue weighted by Crippen LogP contribution is 2.22. The van der Waals surface area contributed by atoms with Gasteiger partial charge >= 0.3 is 0 Å². The largest absolute Gasteiger partial charge is 0.299 e. The van der Waals surface area contributed by atoms with Crippen LogP contribution in [0.1, 0.15) is 26.1 Å². The Bertz CT molecular complexity index is 676. The minimum absolute atomic E-state index is 0.227. The molecule has 1 amide bonds. The number of rotatable bonds is 7. The van der Waals surface area contributed by atoms with Crippen molar-refractivity contribution in [1.29, 1.82) is 0 Å². The van der Waals surface area contributed by atoms with Crippen LogP contribution in [0.3, 0.4) is 0 Å². The number of nitrogens with one attached hydrogen (secondary N) is 1. The second-order valence-electron chi connectivity index (χ2n) is 4.67. The first-order valence-corrected chi connectivity index (χ1v) is 8.55. The minimum Gasteiger partial charge on any atom is -0.273 e. The predicted molar refractivity (Wildman–Crippen MR) is 84.8 cm³/mol. The van der Waals surface area contributed by atoms with Gasteiger partial charge in [0.25, 0.3) is 6.43 Å². The van der Waals surface area contributed by atoms with E-state index in [0.717, 1.165) is 9.15 Å². The van der Waals surface area contributed by atoms with Crippen LogP contribution < -0.4 is 5.43 Å². The monoisotopic (exact) mass is 408 g/mol. The summed E-state index contributed by atoms with van der Waals surface area (Å²) in [5, 5.41) is 11.4. The van der Waals surface area contributed by atoms with Gasteiger partial charge in [0, 0.05) is 6.20 Å². The van der Waals surface area contributed by atoms with Gasteiger partial charge in [-0.05, 0) is 21.7 Å². The van der Waals surface area contributed by atoms with Crippen molar-refractivity contribution in [2.45, 2.75) is 32.0 Å². The molecule has 0 aliphatic carbocycles. The highest BCUT2D eigenvalue weighted by molar-refractivity contribution is 9.10. The number of hydrogen-bond acceptors (Lipinski definition) is 5. The molecule has 7 nitrogen and oxygen atoms in total. The van der Waals surface area contributed by atoms with Gasteiger partial charge < -0.3 is 0 Å². The third kappa shape index (κ3) is 4.50. The highest BCUT2D eigenvalue weighted by Gasteiger charge is 2.23. The molecule has 0 aliphatic heterocycles. The maximum absolute atomic E-state index is 13.0. The lowest BCUT2D eigenvalue weighted by atomic mass is 10.2. The number of halogens is 3. The fraction of sp³-hybridized carbons (Fsp3) is 0.500. The van der Waals surface area contributed by atoms with Crippen molar-refractivity contribution >= 4 is 33.6 Å². The SMILES string of the molecule is CCSc1nnc(C(F)F)n1NC(=O)[C@@H](C)Cn1cc(Br)cn1. The van der Waals surface area contributed by atoms with E-state index in [2.05, 4.69) is 36.7 Å². The summed E-state index contributed by atoms with van der Waals surface area (Å²) in [6.45, 7) is 3.86. The standard InChI is InChI=1S/C12H15BrF2N6OS/c1-3-23-12-18-17-10(9(14)15)21(12)19-11(22)7(2)5-20-6-8(13)4-16-20/h4,6-7,9H,3,5H2,1-2H3,(H,19,22)/t7-/m0/s1. The van der Waals surface area contributed by atoms with Crippen LogP contribution in [0.5, 0.6) is 0 Å². The Morgan fingerprint density at radius 2 is 2.22 bits per heavy atom. The fourth-order valence-corrected chi connectivity index (χ4v) is 2.73. The topological polar surface area (TPSA) is 77.6 Å². The van der Waals surface area contributed by atoms with Crippen LogP contribution in [0, 0.1) is 5.92 Å². The number of alkyl halides is 2. The van der Waals surface area contributed by atoms with Crippen molar-refractivity contribution in [3.63, 3.8) is 0 Å². The van der Waals surface area contributed by atoms with Gasteiger partial charge in [-0.25, -0.2) is 13.5 Å². The molecule has 1 atom stereocenters. The smallest absolute Gasteiger partial charge is 0.273 e. The Morgan fingerprint density at radius 1 is 1.48 bits per heavy atom. The van der Waals surface area contributed by atoms with Gasteiger partial charge in [-0.3, -0.25) is 14.9 Å². The average molecular weight is 409 g/mol. The quantitative estimate of drug-likeness (QED) is 0.712. The van der Waals surface area contributed by atoms with Gasteiger partial charge in [0.15, 0.2) is 0 Å². The molecular weight excluding hydrogens is 394 g/mol. The van der Waals surface area contributed by atoms with Crippen LogP contribution in [0.15, 0.2) is 22.0 Å². The molecule has 0 aliphatic rings. The minimum atomic E-state index is -2.83. The molecule has 0 unspecified atom stereocenters. The number of carbonyl (C=O) groups is 1. The van der Waals surface area contributed by atoms with Gasteiger partial charge in [0.2, 0.25) is 16.9 Å². The van der Waals surface area contributed by atoms with E-state index >= 15 is 0 Å². The van der Waals surface area contributed by atoms with E-state index in [0.29, 0.717) is 12.3 Å². The highest BCUT2D eigenvalue weighted by atomic mass is 79.9. The van der Waals surface area contributed by atoms with Crippen molar-refractivity contribution in [2.75, 3.05) is 11.2 Å². The van der Waals surface area contributed by atoms with Gasteiger partial charge in [0.1, 0.15) is 0 Å². The molecule has 0 aromatic carbocycles. The fourth-order valence-electron chi connectivity index (χ4n) is 1.77. The maximum atomic E-state index is 13.0. The summed E-state index contributed by atoms with van der Waals surface area (Å²) in [5.41, 5.74) is 2.45. The number of amides is 1. The Hall–Kier alpha value is -1.49. The molecule has 2 aromatic heterocycles. The van der Waals surface area contributed by atoms with Gasteiger partial charge in [-0.2, -0.15) is 5.10 Å². The number of carbonyl (C=O) groups excluding carboxylic acids is 1. The van der Waals surface area contributed by atoms with E-state index < -0.39 is 24.1 Å². The van der Waals surface area contributed by atoms with Crippen LogP contribution in [-0.4, -0.2) is 36.3 Å². The molecule has 2 rings (SSSR count). The zero-order valence-electron chi connectivity index (χ0n) is 12.4. The van der Waals surface area contributed by atoms with Gasteiger partial charge in [-0.15, -0.1) is 10.2 Å². The zero-order chi connectivity index (χ0) is 17.0. The third-order valence-electron chi connectivity index (χ3n) is 2.86. The van der Waals surface area contributed by atoms with E-state index in [1.807, 2.05) is 6.92 Å². The maximum Gasteiger partial charge on any atom is 0.299 e. The van der Waals surface area contributed by atoms with Gasteiger partial charge in [0.05, 0.1) is 23.1 Å². The second kappa shape index (κ2) is 7.86. The molecule has 0 saturated carbocycles. The van der Waals surface area contributed by atoms with E-state index in [9.17, 15) is 13.6 Å². The summed E-state index contributed by atoms with van der Waals surface area (Å²) in [6, 6.07) is 0. The van der Waals surface area contributed by atoms with Crippen molar-refractivity contribution in [3.05, 3.63) is 22.7 Å². The molecule has 23 heavy (non-hydrogen) atoms. The number of thioether (sulfide) groups is 1. The van der Waals surface area contributed by atoms with Crippen molar-refractivity contribution < 1.29 is 13.6 Å². The Balaban J connectivity index is 2.10. The average Bonchev–Trinajstić information content (AvgIpc) is 3.06. The predicted octanol–water partition coefficient (Wildman–Crippen LogP) is 2.69. The molecule has 0 bridgehead atoms. The van der Waals surface area contributed by atoms with Crippen molar-refractivity contribution in [3.8, 4) is 0 Å². The summed E-state index contributed by atoms with van der Waals surface area (Å²) in [7, 11) is 0. The van der Waals surface area contributed by atoms with E-state index in [1.165, 1.54) is 11.8 Å². The Morgan fingerprint density at radius 3 is 2.78 bits per heavy atom. The molecule has 11 heteroatoms. The van der Waals surface area contributed by atoms with Crippen LogP contribution in [0.25, 0.3) is 0 Å². The Kier molecular flexibility index (Phi) is 6.10. The lowest BCUT2D eigenvalue weighted by molar-refractivity contribution is -0.120. The molecule has 0 saturated heterocycles. The van der Waals surface area contributed by atoms with E-state index in [-0.39, 0.29) is 5.16 Å². The van der Waals surface area contributed by atoms with E-state index in [4.69, 9.17) is 0 Å². The lowest BCUT2D eigenvalue weighted by Crippen LogP contribution is -2.32. The van der Waals surface area contributed by atoms with Crippen molar-refractivity contribution in [2.24, 2.45) is 5.92 Å². The first-order valence-electron chi connectivity index (χ1n) is 6.77. The summed E-state index contributed by atoms with van der Waals surface area (Å²) in [4.78, 5) is 12.3. The van der Waals surface area contributed by atoms with Crippen LogP contribution in [-0.2, 0) is 11.3 Å². The summed E-state index contributed by atoms with van der Waals surface area (Å²) in [6.07, 6.45) is 0.507.